The van der Waals surface area contributed by atoms with Crippen LogP contribution >= 0.6 is 11.3 Å². The zero-order valence-electron chi connectivity index (χ0n) is 18.7. The average molecular weight is 486 g/mol. The second kappa shape index (κ2) is 9.47. The van der Waals surface area contributed by atoms with E-state index in [0.29, 0.717) is 27.3 Å². The number of amides is 1. The normalized spacial score (nSPS) is 11.4. The standard InChI is InChI=1S/C26H20FN5O2S/c1-31(16-22-28-21-13-14-35-25(21)26(34)29-22)23(33)12-9-18-15-32(20-5-3-2-4-6-20)30-24(18)17-7-10-19(27)11-8-17/h2-15H,16H2,1H3,(H,28,29,34). The van der Waals surface area contributed by atoms with Gasteiger partial charge >= 0.3 is 0 Å². The van der Waals surface area contributed by atoms with E-state index < -0.39 is 0 Å². The minimum Gasteiger partial charge on any atom is -0.335 e. The van der Waals surface area contributed by atoms with Crippen LogP contribution in [-0.4, -0.2) is 37.6 Å². The molecule has 0 aliphatic carbocycles. The Morgan fingerprint density at radius 1 is 1.14 bits per heavy atom. The topological polar surface area (TPSA) is 83.9 Å². The van der Waals surface area contributed by atoms with Gasteiger partial charge in [0.15, 0.2) is 0 Å². The summed E-state index contributed by atoms with van der Waals surface area (Å²) < 4.78 is 15.8. The summed E-state index contributed by atoms with van der Waals surface area (Å²) >= 11 is 1.33. The first-order valence-corrected chi connectivity index (χ1v) is 11.7. The Morgan fingerprint density at radius 2 is 1.91 bits per heavy atom. The average Bonchev–Trinajstić information content (AvgIpc) is 3.51. The molecule has 0 spiro atoms. The summed E-state index contributed by atoms with van der Waals surface area (Å²) in [5.41, 5.74) is 3.31. The molecule has 3 aromatic heterocycles. The van der Waals surface area contributed by atoms with Crippen LogP contribution in [0.5, 0.6) is 0 Å². The summed E-state index contributed by atoms with van der Waals surface area (Å²) in [5.74, 6) is -0.193. The zero-order valence-corrected chi connectivity index (χ0v) is 19.5. The monoisotopic (exact) mass is 485 g/mol. The van der Waals surface area contributed by atoms with Gasteiger partial charge in [-0.1, -0.05) is 18.2 Å². The Balaban J connectivity index is 1.41. The molecule has 0 atom stereocenters. The van der Waals surface area contributed by atoms with E-state index in [9.17, 15) is 14.0 Å². The van der Waals surface area contributed by atoms with Crippen LogP contribution in [0.15, 0.2) is 83.1 Å². The van der Waals surface area contributed by atoms with Crippen molar-refractivity contribution in [2.75, 3.05) is 7.05 Å². The highest BCUT2D eigenvalue weighted by Crippen LogP contribution is 2.25. The molecular formula is C26H20FN5O2S. The van der Waals surface area contributed by atoms with Crippen LogP contribution in [0.1, 0.15) is 11.4 Å². The van der Waals surface area contributed by atoms with Crippen LogP contribution in [0, 0.1) is 5.82 Å². The predicted octanol–water partition coefficient (Wildman–Crippen LogP) is 4.65. The summed E-state index contributed by atoms with van der Waals surface area (Å²) in [6, 6.07) is 17.4. The molecule has 0 unspecified atom stereocenters. The van der Waals surface area contributed by atoms with Crippen molar-refractivity contribution < 1.29 is 9.18 Å². The molecule has 5 aromatic rings. The smallest absolute Gasteiger partial charge is 0.268 e. The number of nitrogens with one attached hydrogen (secondary N) is 1. The lowest BCUT2D eigenvalue weighted by atomic mass is 10.1. The van der Waals surface area contributed by atoms with E-state index in [0.717, 1.165) is 11.3 Å². The van der Waals surface area contributed by atoms with E-state index in [4.69, 9.17) is 0 Å². The number of para-hydroxylation sites is 1. The summed E-state index contributed by atoms with van der Waals surface area (Å²) in [5, 5.41) is 6.48. The first-order chi connectivity index (χ1) is 17.0. The minimum absolute atomic E-state index is 0.151. The van der Waals surface area contributed by atoms with Crippen molar-refractivity contribution in [1.29, 1.82) is 0 Å². The Kier molecular flexibility index (Phi) is 6.07. The van der Waals surface area contributed by atoms with Crippen LogP contribution in [0.2, 0.25) is 0 Å². The van der Waals surface area contributed by atoms with Crippen molar-refractivity contribution >= 4 is 33.5 Å². The zero-order chi connectivity index (χ0) is 24.4. The number of hydrogen-bond acceptors (Lipinski definition) is 5. The molecule has 0 saturated carbocycles. The maximum Gasteiger partial charge on any atom is 0.268 e. The van der Waals surface area contributed by atoms with Crippen molar-refractivity contribution in [1.82, 2.24) is 24.6 Å². The highest BCUT2D eigenvalue weighted by Gasteiger charge is 2.13. The van der Waals surface area contributed by atoms with Crippen LogP contribution in [0.3, 0.4) is 0 Å². The van der Waals surface area contributed by atoms with Crippen molar-refractivity contribution in [3.8, 4) is 16.9 Å². The van der Waals surface area contributed by atoms with Crippen LogP contribution in [-0.2, 0) is 11.3 Å². The third kappa shape index (κ3) is 4.80. The predicted molar refractivity (Wildman–Crippen MR) is 135 cm³/mol. The van der Waals surface area contributed by atoms with Gasteiger partial charge in [-0.25, -0.2) is 14.1 Å². The highest BCUT2D eigenvalue weighted by molar-refractivity contribution is 7.17. The Hall–Kier alpha value is -4.37. The highest BCUT2D eigenvalue weighted by atomic mass is 32.1. The third-order valence-corrected chi connectivity index (χ3v) is 6.32. The molecule has 0 fully saturated rings. The number of benzene rings is 2. The molecule has 0 radical (unpaired) electrons. The first-order valence-electron chi connectivity index (χ1n) is 10.8. The van der Waals surface area contributed by atoms with E-state index in [2.05, 4.69) is 15.1 Å². The number of thiophene rings is 1. The molecule has 0 saturated heterocycles. The van der Waals surface area contributed by atoms with E-state index in [1.165, 1.54) is 34.4 Å². The molecule has 2 aromatic carbocycles. The van der Waals surface area contributed by atoms with Gasteiger partial charge in [0.05, 0.1) is 23.4 Å². The largest absolute Gasteiger partial charge is 0.335 e. The summed E-state index contributed by atoms with van der Waals surface area (Å²) in [6.07, 6.45) is 4.95. The van der Waals surface area contributed by atoms with E-state index in [1.54, 1.807) is 36.0 Å². The van der Waals surface area contributed by atoms with E-state index >= 15 is 0 Å². The van der Waals surface area contributed by atoms with Crippen LogP contribution < -0.4 is 5.56 Å². The maximum absolute atomic E-state index is 13.5. The number of H-pyrrole nitrogens is 1. The molecule has 0 aliphatic heterocycles. The molecule has 0 bridgehead atoms. The quantitative estimate of drug-likeness (QED) is 0.355. The van der Waals surface area contributed by atoms with Gasteiger partial charge in [-0.15, -0.1) is 11.3 Å². The van der Waals surface area contributed by atoms with Gasteiger partial charge in [0, 0.05) is 30.4 Å². The Morgan fingerprint density at radius 3 is 2.69 bits per heavy atom. The number of nitrogens with zero attached hydrogens (tertiary/aromatic N) is 4. The summed E-state index contributed by atoms with van der Waals surface area (Å²) in [7, 11) is 1.64. The molecule has 0 aliphatic rings. The molecule has 1 amide bonds. The van der Waals surface area contributed by atoms with E-state index in [-0.39, 0.29) is 23.8 Å². The van der Waals surface area contributed by atoms with Gasteiger partial charge < -0.3 is 9.88 Å². The van der Waals surface area contributed by atoms with Crippen molar-refractivity contribution in [3.05, 3.63) is 106 Å². The first kappa shape index (κ1) is 22.4. The molecule has 174 valence electrons. The molecule has 5 rings (SSSR count). The number of fused-ring (bicyclic) bond motifs is 1. The van der Waals surface area contributed by atoms with Crippen LogP contribution in [0.4, 0.5) is 4.39 Å². The van der Waals surface area contributed by atoms with Crippen molar-refractivity contribution in [2.45, 2.75) is 6.54 Å². The lowest BCUT2D eigenvalue weighted by Gasteiger charge is -2.14. The Labute approximate surface area is 203 Å². The van der Waals surface area contributed by atoms with Crippen molar-refractivity contribution in [3.63, 3.8) is 0 Å². The number of hydrogen-bond donors (Lipinski definition) is 1. The fourth-order valence-electron chi connectivity index (χ4n) is 3.64. The number of likely N-dealkylation sites (N-methyl/N-ethyl adjacent to an activating group) is 1. The van der Waals surface area contributed by atoms with Gasteiger partial charge in [0.2, 0.25) is 5.91 Å². The summed E-state index contributed by atoms with van der Waals surface area (Å²) in [6.45, 7) is 0.151. The SMILES string of the molecule is CN(Cc1nc2ccsc2c(=O)[nH]1)C(=O)C=Cc1cn(-c2ccccc2)nc1-c1ccc(F)cc1. The minimum atomic E-state index is -0.336. The van der Waals surface area contributed by atoms with Gasteiger partial charge in [-0.2, -0.15) is 5.10 Å². The lowest BCUT2D eigenvalue weighted by Crippen LogP contribution is -2.26. The molecule has 3 heterocycles. The fraction of sp³-hybridized carbons (Fsp3) is 0.0769. The molecule has 1 N–H and O–H groups in total. The van der Waals surface area contributed by atoms with Gasteiger partial charge in [-0.3, -0.25) is 9.59 Å². The number of aromatic amines is 1. The third-order valence-electron chi connectivity index (χ3n) is 5.41. The number of rotatable bonds is 6. The molecular weight excluding hydrogens is 465 g/mol. The van der Waals surface area contributed by atoms with Crippen molar-refractivity contribution in [2.24, 2.45) is 0 Å². The fourth-order valence-corrected chi connectivity index (χ4v) is 4.37. The lowest BCUT2D eigenvalue weighted by molar-refractivity contribution is -0.125. The molecule has 9 heteroatoms. The summed E-state index contributed by atoms with van der Waals surface area (Å²) in [4.78, 5) is 33.7. The Bertz CT molecular complexity index is 1590. The van der Waals surface area contributed by atoms with Gasteiger partial charge in [-0.05, 0) is 53.9 Å². The second-order valence-electron chi connectivity index (χ2n) is 7.90. The van der Waals surface area contributed by atoms with Gasteiger partial charge in [0.25, 0.3) is 5.56 Å². The maximum atomic E-state index is 13.5. The number of carbonyl (C=O) groups excluding carboxylic acids is 1. The van der Waals surface area contributed by atoms with E-state index in [1.807, 2.05) is 41.9 Å². The molecule has 35 heavy (non-hydrogen) atoms. The number of halogens is 1. The molecule has 7 nitrogen and oxygen atoms in total. The van der Waals surface area contributed by atoms with Crippen LogP contribution in [0.25, 0.3) is 33.2 Å². The number of aromatic nitrogens is 4. The van der Waals surface area contributed by atoms with Gasteiger partial charge in [0.1, 0.15) is 16.3 Å². The number of carbonyl (C=O) groups is 1. The second-order valence-corrected chi connectivity index (χ2v) is 8.81.